The molecule has 0 aliphatic rings. The Morgan fingerprint density at radius 1 is 1.11 bits per heavy atom. The maximum absolute atomic E-state index is 11.8. The van der Waals surface area contributed by atoms with E-state index in [1.54, 1.807) is 24.4 Å². The molecule has 1 heterocycles. The minimum atomic E-state index is -0.135. The third-order valence-corrected chi connectivity index (χ3v) is 2.65. The lowest BCUT2D eigenvalue weighted by Crippen LogP contribution is -2.21. The maximum Gasteiger partial charge on any atom is 0.266 e. The molecule has 2 rings (SSSR count). The van der Waals surface area contributed by atoms with Gasteiger partial charge in [-0.1, -0.05) is 30.3 Å². The van der Waals surface area contributed by atoms with Crippen molar-refractivity contribution in [1.29, 1.82) is 0 Å². The van der Waals surface area contributed by atoms with Crippen LogP contribution in [0.5, 0.6) is 0 Å². The number of benzene rings is 1. The molecule has 0 radical (unpaired) electrons. The van der Waals surface area contributed by atoms with Crippen molar-refractivity contribution in [2.24, 2.45) is 0 Å². The number of nitrogens with zero attached hydrogens (tertiary/aromatic N) is 2. The quantitative estimate of drug-likeness (QED) is 0.752. The summed E-state index contributed by atoms with van der Waals surface area (Å²) in [6.45, 7) is 0.470. The molecule has 92 valence electrons. The Morgan fingerprint density at radius 3 is 2.61 bits per heavy atom. The highest BCUT2D eigenvalue weighted by atomic mass is 16.1. The lowest BCUT2D eigenvalue weighted by atomic mass is 10.1. The van der Waals surface area contributed by atoms with E-state index in [1.165, 1.54) is 10.7 Å². The third-order valence-electron chi connectivity index (χ3n) is 2.65. The van der Waals surface area contributed by atoms with Crippen molar-refractivity contribution in [3.05, 3.63) is 64.6 Å². The number of hydrogen-bond donors (Lipinski definition) is 0. The van der Waals surface area contributed by atoms with Crippen LogP contribution in [0, 0.1) is 0 Å². The van der Waals surface area contributed by atoms with Crippen molar-refractivity contribution in [1.82, 2.24) is 9.78 Å². The summed E-state index contributed by atoms with van der Waals surface area (Å²) in [5.41, 5.74) is 0.579. The Hall–Kier alpha value is -2.23. The van der Waals surface area contributed by atoms with Gasteiger partial charge in [0.2, 0.25) is 0 Å². The molecular weight excluding hydrogens is 228 g/mol. The van der Waals surface area contributed by atoms with Gasteiger partial charge in [0, 0.05) is 30.8 Å². The summed E-state index contributed by atoms with van der Waals surface area (Å²) in [6.07, 6.45) is 2.61. The smallest absolute Gasteiger partial charge is 0.266 e. The topological polar surface area (TPSA) is 52.0 Å². The summed E-state index contributed by atoms with van der Waals surface area (Å²) in [5.74, 6) is 0.0968. The molecule has 18 heavy (non-hydrogen) atoms. The van der Waals surface area contributed by atoms with Gasteiger partial charge in [-0.2, -0.15) is 5.10 Å². The maximum atomic E-state index is 11.8. The molecule has 0 spiro atoms. The SMILES string of the molecule is O=C(CCCn1ncccc1=O)c1ccccc1. The first-order valence-electron chi connectivity index (χ1n) is 5.88. The number of aromatic nitrogens is 2. The molecule has 0 bridgehead atoms. The van der Waals surface area contributed by atoms with E-state index < -0.39 is 0 Å². The van der Waals surface area contributed by atoms with Crippen LogP contribution in [0.15, 0.2) is 53.5 Å². The number of Topliss-reactive ketones (excluding diaryl/α,β-unsaturated/α-hetero) is 1. The van der Waals surface area contributed by atoms with E-state index >= 15 is 0 Å². The summed E-state index contributed by atoms with van der Waals surface area (Å²) in [7, 11) is 0. The van der Waals surface area contributed by atoms with Crippen LogP contribution in [0.3, 0.4) is 0 Å². The van der Waals surface area contributed by atoms with Crippen LogP contribution in [0.25, 0.3) is 0 Å². The van der Waals surface area contributed by atoms with Crippen molar-refractivity contribution in [2.75, 3.05) is 0 Å². The van der Waals surface area contributed by atoms with E-state index in [0.717, 1.165) is 0 Å². The van der Waals surface area contributed by atoms with Crippen LogP contribution in [-0.4, -0.2) is 15.6 Å². The fraction of sp³-hybridized carbons (Fsp3) is 0.214. The fourth-order valence-electron chi connectivity index (χ4n) is 1.71. The van der Waals surface area contributed by atoms with Crippen LogP contribution in [-0.2, 0) is 6.54 Å². The minimum Gasteiger partial charge on any atom is -0.294 e. The Balaban J connectivity index is 1.88. The van der Waals surface area contributed by atoms with Gasteiger partial charge >= 0.3 is 0 Å². The van der Waals surface area contributed by atoms with Crippen LogP contribution in [0.4, 0.5) is 0 Å². The molecule has 0 saturated heterocycles. The van der Waals surface area contributed by atoms with E-state index in [2.05, 4.69) is 5.10 Å². The molecule has 1 aromatic heterocycles. The summed E-state index contributed by atoms with van der Waals surface area (Å²) < 4.78 is 1.37. The summed E-state index contributed by atoms with van der Waals surface area (Å²) in [4.78, 5) is 23.2. The zero-order valence-electron chi connectivity index (χ0n) is 9.95. The van der Waals surface area contributed by atoms with Gasteiger partial charge in [-0.3, -0.25) is 9.59 Å². The van der Waals surface area contributed by atoms with E-state index in [1.807, 2.05) is 18.2 Å². The van der Waals surface area contributed by atoms with Crippen molar-refractivity contribution >= 4 is 5.78 Å². The molecule has 0 amide bonds. The molecule has 2 aromatic rings. The average Bonchev–Trinajstić information content (AvgIpc) is 2.42. The average molecular weight is 242 g/mol. The number of rotatable bonds is 5. The molecule has 0 unspecified atom stereocenters. The second-order valence-electron chi connectivity index (χ2n) is 3.98. The van der Waals surface area contributed by atoms with Gasteiger partial charge in [0.1, 0.15) is 0 Å². The van der Waals surface area contributed by atoms with Crippen LogP contribution >= 0.6 is 0 Å². The predicted octanol–water partition coefficient (Wildman–Crippen LogP) is 1.91. The highest BCUT2D eigenvalue weighted by molar-refractivity contribution is 5.95. The molecular formula is C14H14N2O2. The molecule has 1 aromatic carbocycles. The zero-order chi connectivity index (χ0) is 12.8. The zero-order valence-corrected chi connectivity index (χ0v) is 9.95. The van der Waals surface area contributed by atoms with Crippen LogP contribution < -0.4 is 5.56 Å². The predicted molar refractivity (Wildman–Crippen MR) is 68.5 cm³/mol. The van der Waals surface area contributed by atoms with Crippen LogP contribution in [0.1, 0.15) is 23.2 Å². The van der Waals surface area contributed by atoms with E-state index in [4.69, 9.17) is 0 Å². The fourth-order valence-corrected chi connectivity index (χ4v) is 1.71. The van der Waals surface area contributed by atoms with Gasteiger partial charge in [-0.25, -0.2) is 4.68 Å². The van der Waals surface area contributed by atoms with Gasteiger partial charge in [0.15, 0.2) is 5.78 Å². The lowest BCUT2D eigenvalue weighted by Gasteiger charge is -2.03. The second-order valence-corrected chi connectivity index (χ2v) is 3.98. The molecule has 0 N–H and O–H groups in total. The standard InChI is InChI=1S/C14H14N2O2/c17-13(12-6-2-1-3-7-12)8-5-11-16-14(18)9-4-10-15-16/h1-4,6-7,9-10H,5,8,11H2. The monoisotopic (exact) mass is 242 g/mol. The van der Waals surface area contributed by atoms with Crippen molar-refractivity contribution in [3.8, 4) is 0 Å². The van der Waals surface area contributed by atoms with Crippen LogP contribution in [0.2, 0.25) is 0 Å². The Morgan fingerprint density at radius 2 is 1.89 bits per heavy atom. The van der Waals surface area contributed by atoms with Gasteiger partial charge in [-0.05, 0) is 12.5 Å². The van der Waals surface area contributed by atoms with Crippen molar-refractivity contribution in [2.45, 2.75) is 19.4 Å². The normalized spacial score (nSPS) is 10.2. The molecule has 0 atom stereocenters. The summed E-state index contributed by atoms with van der Waals surface area (Å²) in [5, 5.41) is 3.94. The third kappa shape index (κ3) is 3.13. The first kappa shape index (κ1) is 12.2. The number of carbonyl (C=O) groups is 1. The van der Waals surface area contributed by atoms with E-state index in [-0.39, 0.29) is 11.3 Å². The van der Waals surface area contributed by atoms with Gasteiger partial charge in [-0.15, -0.1) is 0 Å². The Kier molecular flexibility index (Phi) is 4.02. The molecule has 4 nitrogen and oxygen atoms in total. The number of ketones is 1. The van der Waals surface area contributed by atoms with Gasteiger partial charge in [0.25, 0.3) is 5.56 Å². The molecule has 0 aliphatic carbocycles. The number of carbonyl (C=O) groups excluding carboxylic acids is 1. The Bertz CT molecular complexity index is 576. The highest BCUT2D eigenvalue weighted by Crippen LogP contribution is 2.05. The minimum absolute atomic E-state index is 0.0968. The van der Waals surface area contributed by atoms with Gasteiger partial charge in [0.05, 0.1) is 0 Å². The number of aryl methyl sites for hydroxylation is 1. The first-order chi connectivity index (χ1) is 8.77. The summed E-state index contributed by atoms with van der Waals surface area (Å²) in [6, 6.07) is 12.2. The van der Waals surface area contributed by atoms with Crippen molar-refractivity contribution in [3.63, 3.8) is 0 Å². The molecule has 0 fully saturated rings. The lowest BCUT2D eigenvalue weighted by molar-refractivity contribution is 0.0978. The Labute approximate surface area is 105 Å². The van der Waals surface area contributed by atoms with E-state index in [9.17, 15) is 9.59 Å². The second kappa shape index (κ2) is 5.91. The molecule has 0 aliphatic heterocycles. The largest absolute Gasteiger partial charge is 0.294 e. The first-order valence-corrected chi connectivity index (χ1v) is 5.88. The van der Waals surface area contributed by atoms with E-state index in [0.29, 0.717) is 24.9 Å². The summed E-state index contributed by atoms with van der Waals surface area (Å²) >= 11 is 0. The van der Waals surface area contributed by atoms with Gasteiger partial charge < -0.3 is 0 Å². The van der Waals surface area contributed by atoms with Crippen molar-refractivity contribution < 1.29 is 4.79 Å². The highest BCUT2D eigenvalue weighted by Gasteiger charge is 2.05. The molecule has 4 heteroatoms. The molecule has 0 saturated carbocycles. The number of hydrogen-bond acceptors (Lipinski definition) is 3.